The lowest BCUT2D eigenvalue weighted by Crippen LogP contribution is -2.08. The molecule has 6 heteroatoms. The van der Waals surface area contributed by atoms with Crippen LogP contribution in [0, 0.1) is 0 Å². The molecule has 0 aromatic heterocycles. The van der Waals surface area contributed by atoms with Crippen molar-refractivity contribution in [1.29, 1.82) is 0 Å². The van der Waals surface area contributed by atoms with Crippen molar-refractivity contribution in [3.8, 4) is 0 Å². The van der Waals surface area contributed by atoms with Crippen molar-refractivity contribution in [2.75, 3.05) is 0 Å². The fourth-order valence-corrected chi connectivity index (χ4v) is 1.19. The van der Waals surface area contributed by atoms with Gasteiger partial charge in [0.2, 0.25) is 0 Å². The maximum atomic E-state index is 10.7. The number of rotatable bonds is 3. The Balaban J connectivity index is 3.11. The minimum Gasteiger partial charge on any atom is -0.481 e. The predicted molar refractivity (Wildman–Crippen MR) is 51.0 cm³/mol. The first-order valence-electron chi connectivity index (χ1n) is 3.67. The first-order valence-corrected chi connectivity index (χ1v) is 4.05. The molecule has 14 heavy (non-hydrogen) atoms. The molecule has 0 saturated heterocycles. The molecule has 0 aliphatic carbocycles. The summed E-state index contributed by atoms with van der Waals surface area (Å²) in [4.78, 5) is 13.2. The van der Waals surface area contributed by atoms with Crippen LogP contribution in [-0.4, -0.2) is 11.1 Å². The molecule has 0 radical (unpaired) electrons. The summed E-state index contributed by atoms with van der Waals surface area (Å²) < 4.78 is 0. The Morgan fingerprint density at radius 1 is 1.64 bits per heavy atom. The minimum absolute atomic E-state index is 0.364. The van der Waals surface area contributed by atoms with E-state index in [2.05, 4.69) is 10.0 Å². The molecule has 0 saturated carbocycles. The molecule has 5 nitrogen and oxygen atoms in total. The van der Waals surface area contributed by atoms with E-state index >= 15 is 0 Å². The molecule has 0 amide bonds. The number of nitrogens with zero attached hydrogens (tertiary/aromatic N) is 3. The monoisotopic (exact) mass is 211 g/mol. The van der Waals surface area contributed by atoms with Crippen LogP contribution >= 0.6 is 11.6 Å². The number of hydrogen-bond donors (Lipinski definition) is 1. The number of aliphatic carboxylic acids is 1. The summed E-state index contributed by atoms with van der Waals surface area (Å²) in [5, 5.41) is 12.3. The van der Waals surface area contributed by atoms with Crippen LogP contribution in [0.5, 0.6) is 0 Å². The zero-order chi connectivity index (χ0) is 10.6. The smallest absolute Gasteiger partial charge is 0.316 e. The van der Waals surface area contributed by atoms with Crippen molar-refractivity contribution in [2.45, 2.75) is 6.04 Å². The van der Waals surface area contributed by atoms with Gasteiger partial charge in [0.25, 0.3) is 0 Å². The van der Waals surface area contributed by atoms with Crippen LogP contribution in [-0.2, 0) is 4.79 Å². The third kappa shape index (κ3) is 2.39. The summed E-state index contributed by atoms with van der Waals surface area (Å²) in [5.41, 5.74) is 8.54. The highest BCUT2D eigenvalue weighted by Gasteiger charge is 2.17. The number of azide groups is 1. The standard InChI is InChI=1S/C8H6ClN3O2/c9-6-3-1-2-5(4-6)7(8(13)14)11-12-10/h1-4,7H,(H,13,14). The summed E-state index contributed by atoms with van der Waals surface area (Å²) in [5.74, 6) is -1.20. The van der Waals surface area contributed by atoms with E-state index in [0.29, 0.717) is 10.6 Å². The number of carbonyl (C=O) groups is 1. The summed E-state index contributed by atoms with van der Waals surface area (Å²) in [6.07, 6.45) is 0. The van der Waals surface area contributed by atoms with Crippen molar-refractivity contribution in [3.63, 3.8) is 0 Å². The molecule has 1 rings (SSSR count). The highest BCUT2D eigenvalue weighted by molar-refractivity contribution is 6.30. The summed E-state index contributed by atoms with van der Waals surface area (Å²) in [6.45, 7) is 0. The Hall–Kier alpha value is -1.71. The molecule has 1 aromatic carbocycles. The van der Waals surface area contributed by atoms with Gasteiger partial charge in [-0.2, -0.15) is 0 Å². The van der Waals surface area contributed by atoms with Crippen molar-refractivity contribution in [3.05, 3.63) is 45.3 Å². The van der Waals surface area contributed by atoms with Gasteiger partial charge in [0.1, 0.15) is 0 Å². The highest BCUT2D eigenvalue weighted by Crippen LogP contribution is 2.21. The van der Waals surface area contributed by atoms with Gasteiger partial charge >= 0.3 is 5.97 Å². The third-order valence-corrected chi connectivity index (χ3v) is 1.80. The van der Waals surface area contributed by atoms with Crippen LogP contribution in [0.1, 0.15) is 11.6 Å². The SMILES string of the molecule is [N-]=[N+]=NC(C(=O)O)c1cccc(Cl)c1. The van der Waals surface area contributed by atoms with Gasteiger partial charge < -0.3 is 5.11 Å². The van der Waals surface area contributed by atoms with E-state index in [9.17, 15) is 4.79 Å². The first-order chi connectivity index (χ1) is 6.65. The lowest BCUT2D eigenvalue weighted by molar-refractivity contribution is -0.138. The molecule has 0 bridgehead atoms. The van der Waals surface area contributed by atoms with Crippen molar-refractivity contribution >= 4 is 17.6 Å². The van der Waals surface area contributed by atoms with E-state index in [0.717, 1.165) is 0 Å². The Bertz CT molecular complexity index is 399. The average Bonchev–Trinajstić information content (AvgIpc) is 2.13. The quantitative estimate of drug-likeness (QED) is 0.473. The van der Waals surface area contributed by atoms with Crippen LogP contribution in [0.2, 0.25) is 5.02 Å². The van der Waals surface area contributed by atoms with Crippen LogP contribution in [0.25, 0.3) is 10.4 Å². The minimum atomic E-state index is -1.22. The number of halogens is 1. The fraction of sp³-hybridized carbons (Fsp3) is 0.125. The Morgan fingerprint density at radius 3 is 2.86 bits per heavy atom. The average molecular weight is 212 g/mol. The number of hydrogen-bond acceptors (Lipinski definition) is 2. The zero-order valence-corrected chi connectivity index (χ0v) is 7.72. The molecule has 0 fully saturated rings. The van der Waals surface area contributed by atoms with Gasteiger partial charge in [-0.25, -0.2) is 0 Å². The molecule has 0 heterocycles. The molecular formula is C8H6ClN3O2. The van der Waals surface area contributed by atoms with Crippen LogP contribution < -0.4 is 0 Å². The third-order valence-electron chi connectivity index (χ3n) is 1.57. The van der Waals surface area contributed by atoms with Gasteiger partial charge in [-0.05, 0) is 23.2 Å². The molecular weight excluding hydrogens is 206 g/mol. The molecule has 0 spiro atoms. The summed E-state index contributed by atoms with van der Waals surface area (Å²) in [6, 6.07) is 4.98. The van der Waals surface area contributed by atoms with Crippen LogP contribution in [0.15, 0.2) is 29.4 Å². The van der Waals surface area contributed by atoms with Gasteiger partial charge in [0.15, 0.2) is 6.04 Å². The molecule has 0 aliphatic rings. The second-order valence-electron chi connectivity index (χ2n) is 2.50. The van der Waals surface area contributed by atoms with E-state index in [1.165, 1.54) is 6.07 Å². The Morgan fingerprint density at radius 2 is 2.36 bits per heavy atom. The normalized spacial score (nSPS) is 11.5. The summed E-state index contributed by atoms with van der Waals surface area (Å²) >= 11 is 5.67. The first kappa shape index (κ1) is 10.4. The van der Waals surface area contributed by atoms with Crippen molar-refractivity contribution in [2.24, 2.45) is 5.11 Å². The van der Waals surface area contributed by atoms with Crippen LogP contribution in [0.3, 0.4) is 0 Å². The van der Waals surface area contributed by atoms with Crippen molar-refractivity contribution in [1.82, 2.24) is 0 Å². The van der Waals surface area contributed by atoms with E-state index in [1.807, 2.05) is 0 Å². The largest absolute Gasteiger partial charge is 0.481 e. The summed E-state index contributed by atoms with van der Waals surface area (Å²) in [7, 11) is 0. The highest BCUT2D eigenvalue weighted by atomic mass is 35.5. The number of carboxylic acids is 1. The van der Waals surface area contributed by atoms with E-state index in [-0.39, 0.29) is 0 Å². The second kappa shape index (κ2) is 4.50. The lowest BCUT2D eigenvalue weighted by Gasteiger charge is -2.05. The van der Waals surface area contributed by atoms with Gasteiger partial charge in [-0.1, -0.05) is 28.8 Å². The van der Waals surface area contributed by atoms with Crippen molar-refractivity contribution < 1.29 is 9.90 Å². The molecule has 1 aromatic rings. The maximum Gasteiger partial charge on any atom is 0.316 e. The molecule has 1 atom stereocenters. The van der Waals surface area contributed by atoms with E-state index in [1.54, 1.807) is 18.2 Å². The lowest BCUT2D eigenvalue weighted by atomic mass is 10.1. The van der Waals surface area contributed by atoms with E-state index < -0.39 is 12.0 Å². The van der Waals surface area contributed by atoms with Gasteiger partial charge in [-0.3, -0.25) is 4.79 Å². The predicted octanol–water partition coefficient (Wildman–Crippen LogP) is 2.78. The second-order valence-corrected chi connectivity index (χ2v) is 2.94. The molecule has 72 valence electrons. The number of carboxylic acid groups (broad SMARTS) is 1. The van der Waals surface area contributed by atoms with Gasteiger partial charge in [-0.15, -0.1) is 0 Å². The molecule has 0 aliphatic heterocycles. The Labute approximate surface area is 84.6 Å². The number of benzene rings is 1. The zero-order valence-electron chi connectivity index (χ0n) is 6.96. The van der Waals surface area contributed by atoms with E-state index in [4.69, 9.17) is 22.2 Å². The fourth-order valence-electron chi connectivity index (χ4n) is 0.987. The molecule has 1 N–H and O–H groups in total. The van der Waals surface area contributed by atoms with Crippen LogP contribution in [0.4, 0.5) is 0 Å². The maximum absolute atomic E-state index is 10.7. The Kier molecular flexibility index (Phi) is 3.34. The molecule has 1 unspecified atom stereocenters. The van der Waals surface area contributed by atoms with Gasteiger partial charge in [0, 0.05) is 9.93 Å². The topological polar surface area (TPSA) is 86.1 Å². The van der Waals surface area contributed by atoms with Gasteiger partial charge in [0.05, 0.1) is 0 Å².